The zero-order valence-corrected chi connectivity index (χ0v) is 7.21. The molecule has 1 aromatic carbocycles. The Morgan fingerprint density at radius 2 is 1.93 bits per heavy atom. The SMILES string of the molecule is OCc1nc(-c2ccc(O)cc2)no1. The molecule has 0 saturated carbocycles. The minimum absolute atomic E-state index is 0.174. The number of phenolic OH excluding ortho intramolecular Hbond substituents is 1. The van der Waals surface area contributed by atoms with E-state index in [0.29, 0.717) is 5.82 Å². The van der Waals surface area contributed by atoms with Gasteiger partial charge in [0.15, 0.2) is 0 Å². The van der Waals surface area contributed by atoms with Crippen LogP contribution in [0, 0.1) is 0 Å². The molecule has 0 aliphatic heterocycles. The average Bonchev–Trinajstić information content (AvgIpc) is 2.67. The van der Waals surface area contributed by atoms with Crippen LogP contribution in [0.15, 0.2) is 28.8 Å². The van der Waals surface area contributed by atoms with Gasteiger partial charge in [0.25, 0.3) is 5.89 Å². The second kappa shape index (κ2) is 3.47. The van der Waals surface area contributed by atoms with Gasteiger partial charge in [0.1, 0.15) is 12.4 Å². The van der Waals surface area contributed by atoms with Crippen molar-refractivity contribution in [1.82, 2.24) is 10.1 Å². The molecule has 0 fully saturated rings. The van der Waals surface area contributed by atoms with Gasteiger partial charge in [-0.3, -0.25) is 0 Å². The Labute approximate surface area is 79.6 Å². The first-order valence-corrected chi connectivity index (χ1v) is 4.02. The van der Waals surface area contributed by atoms with Gasteiger partial charge in [0, 0.05) is 5.56 Å². The van der Waals surface area contributed by atoms with Crippen LogP contribution in [0.25, 0.3) is 11.4 Å². The van der Waals surface area contributed by atoms with Crippen LogP contribution in [-0.4, -0.2) is 20.4 Å². The van der Waals surface area contributed by atoms with Crippen LogP contribution < -0.4 is 0 Å². The molecule has 0 saturated heterocycles. The number of hydrogen-bond donors (Lipinski definition) is 2. The number of rotatable bonds is 2. The van der Waals surface area contributed by atoms with E-state index >= 15 is 0 Å². The fourth-order valence-corrected chi connectivity index (χ4v) is 1.05. The molecule has 14 heavy (non-hydrogen) atoms. The second-order valence-corrected chi connectivity index (χ2v) is 2.72. The average molecular weight is 192 g/mol. The predicted octanol–water partition coefficient (Wildman–Crippen LogP) is 0.934. The van der Waals surface area contributed by atoms with Crippen LogP contribution in [0.5, 0.6) is 5.75 Å². The first-order chi connectivity index (χ1) is 6.79. The van der Waals surface area contributed by atoms with E-state index in [1.165, 1.54) is 12.1 Å². The standard InChI is InChI=1S/C9H8N2O3/c12-5-8-10-9(11-14-8)6-1-3-7(13)4-2-6/h1-4,12-13H,5H2. The molecule has 0 spiro atoms. The zero-order valence-electron chi connectivity index (χ0n) is 7.21. The Morgan fingerprint density at radius 1 is 1.21 bits per heavy atom. The van der Waals surface area contributed by atoms with Gasteiger partial charge in [-0.05, 0) is 24.3 Å². The number of benzene rings is 1. The molecule has 2 N–H and O–H groups in total. The van der Waals surface area contributed by atoms with Crippen LogP contribution in [0.2, 0.25) is 0 Å². The van der Waals surface area contributed by atoms with Crippen molar-refractivity contribution in [1.29, 1.82) is 0 Å². The number of phenols is 1. The molecule has 0 aliphatic rings. The maximum absolute atomic E-state index is 9.05. The van der Waals surface area contributed by atoms with Crippen molar-refractivity contribution in [2.75, 3.05) is 0 Å². The van der Waals surface area contributed by atoms with Gasteiger partial charge in [0.05, 0.1) is 0 Å². The van der Waals surface area contributed by atoms with Crippen molar-refractivity contribution >= 4 is 0 Å². The quantitative estimate of drug-likeness (QED) is 0.740. The maximum Gasteiger partial charge on any atom is 0.252 e. The summed E-state index contributed by atoms with van der Waals surface area (Å²) in [6, 6.07) is 6.40. The Bertz CT molecular complexity index is 422. The summed E-state index contributed by atoms with van der Waals surface area (Å²) >= 11 is 0. The van der Waals surface area contributed by atoms with Gasteiger partial charge >= 0.3 is 0 Å². The monoisotopic (exact) mass is 192 g/mol. The molecule has 0 atom stereocenters. The minimum Gasteiger partial charge on any atom is -0.508 e. The third-order valence-corrected chi connectivity index (χ3v) is 1.73. The third kappa shape index (κ3) is 1.57. The highest BCUT2D eigenvalue weighted by Gasteiger charge is 2.06. The first-order valence-electron chi connectivity index (χ1n) is 4.02. The van der Waals surface area contributed by atoms with E-state index in [9.17, 15) is 0 Å². The zero-order chi connectivity index (χ0) is 9.97. The van der Waals surface area contributed by atoms with Crippen molar-refractivity contribution in [3.05, 3.63) is 30.2 Å². The smallest absolute Gasteiger partial charge is 0.252 e. The first kappa shape index (κ1) is 8.71. The number of aliphatic hydroxyl groups excluding tert-OH is 1. The summed E-state index contributed by atoms with van der Waals surface area (Å²) in [5.74, 6) is 0.752. The van der Waals surface area contributed by atoms with E-state index < -0.39 is 0 Å². The van der Waals surface area contributed by atoms with Gasteiger partial charge in [-0.1, -0.05) is 5.16 Å². The molecule has 0 amide bonds. The fourth-order valence-electron chi connectivity index (χ4n) is 1.05. The second-order valence-electron chi connectivity index (χ2n) is 2.72. The van der Waals surface area contributed by atoms with Gasteiger partial charge in [-0.15, -0.1) is 0 Å². The van der Waals surface area contributed by atoms with Crippen LogP contribution in [0.4, 0.5) is 0 Å². The molecule has 2 aromatic rings. The summed E-state index contributed by atoms with van der Waals surface area (Å²) in [6.45, 7) is -0.273. The number of aliphatic hydroxyl groups is 1. The molecule has 5 nitrogen and oxygen atoms in total. The molecule has 72 valence electrons. The highest BCUT2D eigenvalue weighted by Crippen LogP contribution is 2.18. The molecule has 5 heteroatoms. The number of aromatic hydroxyl groups is 1. The fraction of sp³-hybridized carbons (Fsp3) is 0.111. The summed E-state index contributed by atoms with van der Waals surface area (Å²) in [5, 5.41) is 21.4. The number of aromatic nitrogens is 2. The van der Waals surface area contributed by atoms with Crippen molar-refractivity contribution < 1.29 is 14.7 Å². The Balaban J connectivity index is 2.34. The van der Waals surface area contributed by atoms with E-state index in [1.54, 1.807) is 12.1 Å². The Hall–Kier alpha value is -1.88. The molecule has 0 unspecified atom stereocenters. The molecule has 0 bridgehead atoms. The van der Waals surface area contributed by atoms with Gasteiger partial charge < -0.3 is 14.7 Å². The molecule has 1 heterocycles. The lowest BCUT2D eigenvalue weighted by atomic mass is 10.2. The normalized spacial score (nSPS) is 10.4. The van der Waals surface area contributed by atoms with Crippen molar-refractivity contribution in [2.24, 2.45) is 0 Å². The molecule has 1 aromatic heterocycles. The molecular formula is C9H8N2O3. The van der Waals surface area contributed by atoms with E-state index in [-0.39, 0.29) is 18.2 Å². The lowest BCUT2D eigenvalue weighted by molar-refractivity contribution is 0.222. The van der Waals surface area contributed by atoms with Crippen LogP contribution >= 0.6 is 0 Å². The minimum atomic E-state index is -0.273. The van der Waals surface area contributed by atoms with E-state index in [4.69, 9.17) is 14.7 Å². The van der Waals surface area contributed by atoms with E-state index in [2.05, 4.69) is 10.1 Å². The highest BCUT2D eigenvalue weighted by molar-refractivity contribution is 5.55. The Kier molecular flexibility index (Phi) is 2.16. The van der Waals surface area contributed by atoms with Crippen molar-refractivity contribution in [3.8, 4) is 17.1 Å². The summed E-state index contributed by atoms with van der Waals surface area (Å²) in [5.41, 5.74) is 0.728. The van der Waals surface area contributed by atoms with Crippen LogP contribution in [-0.2, 0) is 6.61 Å². The van der Waals surface area contributed by atoms with Crippen LogP contribution in [0.3, 0.4) is 0 Å². The lowest BCUT2D eigenvalue weighted by Gasteiger charge is -1.93. The van der Waals surface area contributed by atoms with Gasteiger partial charge in [-0.2, -0.15) is 4.98 Å². The summed E-state index contributed by atoms with van der Waals surface area (Å²) < 4.78 is 4.72. The summed E-state index contributed by atoms with van der Waals surface area (Å²) in [6.07, 6.45) is 0. The molecule has 0 aliphatic carbocycles. The predicted molar refractivity (Wildman–Crippen MR) is 47.3 cm³/mol. The van der Waals surface area contributed by atoms with Gasteiger partial charge in [0.2, 0.25) is 5.82 Å². The van der Waals surface area contributed by atoms with Crippen molar-refractivity contribution in [3.63, 3.8) is 0 Å². The largest absolute Gasteiger partial charge is 0.508 e. The molecule has 2 rings (SSSR count). The number of nitrogens with zero attached hydrogens (tertiary/aromatic N) is 2. The maximum atomic E-state index is 9.05. The third-order valence-electron chi connectivity index (χ3n) is 1.73. The van der Waals surface area contributed by atoms with E-state index in [0.717, 1.165) is 5.56 Å². The molecular weight excluding hydrogens is 184 g/mol. The highest BCUT2D eigenvalue weighted by atomic mass is 16.5. The summed E-state index contributed by atoms with van der Waals surface area (Å²) in [7, 11) is 0. The van der Waals surface area contributed by atoms with E-state index in [1.807, 2.05) is 0 Å². The summed E-state index contributed by atoms with van der Waals surface area (Å²) in [4.78, 5) is 3.92. The lowest BCUT2D eigenvalue weighted by Crippen LogP contribution is -1.82. The Morgan fingerprint density at radius 3 is 2.50 bits per heavy atom. The van der Waals surface area contributed by atoms with Crippen LogP contribution in [0.1, 0.15) is 5.89 Å². The van der Waals surface area contributed by atoms with Crippen molar-refractivity contribution in [2.45, 2.75) is 6.61 Å². The van der Waals surface area contributed by atoms with Gasteiger partial charge in [-0.25, -0.2) is 0 Å². The number of hydrogen-bond acceptors (Lipinski definition) is 5. The topological polar surface area (TPSA) is 79.4 Å². The molecule has 0 radical (unpaired) electrons.